The molecule has 2 heterocycles. The van der Waals surface area contributed by atoms with Crippen molar-refractivity contribution in [3.05, 3.63) is 101 Å². The number of esters is 1. The summed E-state index contributed by atoms with van der Waals surface area (Å²) in [6.45, 7) is 1.31. The van der Waals surface area contributed by atoms with Crippen LogP contribution in [0.1, 0.15) is 34.3 Å². The Morgan fingerprint density at radius 1 is 1.00 bits per heavy atom. The molecule has 5 rings (SSSR count). The number of hydrogen-bond acceptors (Lipinski definition) is 6. The molecule has 0 unspecified atom stereocenters. The van der Waals surface area contributed by atoms with E-state index in [4.69, 9.17) is 16.3 Å². The predicted molar refractivity (Wildman–Crippen MR) is 135 cm³/mol. The van der Waals surface area contributed by atoms with Crippen LogP contribution in [0, 0.1) is 28.1 Å². The molecule has 3 aromatic carbocycles. The lowest BCUT2D eigenvalue weighted by Crippen LogP contribution is -2.44. The van der Waals surface area contributed by atoms with Gasteiger partial charge in [-0.05, 0) is 41.5 Å². The van der Waals surface area contributed by atoms with Crippen molar-refractivity contribution in [2.45, 2.75) is 24.9 Å². The molecule has 1 saturated heterocycles. The monoisotopic (exact) mass is 493 g/mol. The van der Waals surface area contributed by atoms with Crippen molar-refractivity contribution in [2.24, 2.45) is 5.41 Å². The SMILES string of the molecule is CC(=O)Oc1ccc([C@@H]2[C@H](C(=O)c3ccccc3)N3c4ccc(Cl)cc4C=C[C@@H]3C2(C#N)C#N)cc1. The van der Waals surface area contributed by atoms with Crippen LogP contribution >= 0.6 is 11.6 Å². The number of Topliss-reactive ketones (excluding diaryl/α,β-unsaturated/α-hetero) is 1. The van der Waals surface area contributed by atoms with Gasteiger partial charge in [-0.15, -0.1) is 0 Å². The molecule has 176 valence electrons. The molecule has 6 nitrogen and oxygen atoms in total. The van der Waals surface area contributed by atoms with E-state index in [2.05, 4.69) is 12.1 Å². The lowest BCUT2D eigenvalue weighted by Gasteiger charge is -2.35. The smallest absolute Gasteiger partial charge is 0.308 e. The number of halogens is 1. The highest BCUT2D eigenvalue weighted by Gasteiger charge is 2.63. The fourth-order valence-electron chi connectivity index (χ4n) is 5.32. The van der Waals surface area contributed by atoms with Gasteiger partial charge in [-0.2, -0.15) is 10.5 Å². The largest absolute Gasteiger partial charge is 0.427 e. The number of ether oxygens (including phenoxy) is 1. The average Bonchev–Trinajstić information content (AvgIpc) is 3.19. The van der Waals surface area contributed by atoms with Gasteiger partial charge < -0.3 is 9.64 Å². The van der Waals surface area contributed by atoms with Gasteiger partial charge >= 0.3 is 5.97 Å². The number of anilines is 1. The molecule has 0 spiro atoms. The summed E-state index contributed by atoms with van der Waals surface area (Å²) >= 11 is 6.24. The molecule has 0 bridgehead atoms. The quantitative estimate of drug-likeness (QED) is 0.269. The number of nitriles is 2. The number of benzene rings is 3. The minimum Gasteiger partial charge on any atom is -0.427 e. The Morgan fingerprint density at radius 3 is 2.33 bits per heavy atom. The second kappa shape index (κ2) is 9.00. The van der Waals surface area contributed by atoms with Crippen LogP contribution in [0.15, 0.2) is 78.9 Å². The van der Waals surface area contributed by atoms with Gasteiger partial charge in [-0.25, -0.2) is 0 Å². The lowest BCUT2D eigenvalue weighted by molar-refractivity contribution is -0.131. The maximum Gasteiger partial charge on any atom is 0.308 e. The van der Waals surface area contributed by atoms with Crippen LogP contribution < -0.4 is 9.64 Å². The molecule has 3 atom stereocenters. The van der Waals surface area contributed by atoms with Crippen molar-refractivity contribution in [3.63, 3.8) is 0 Å². The maximum atomic E-state index is 14.1. The minimum atomic E-state index is -1.56. The standard InChI is InChI=1S/C29H20ClN3O3/c1-18(34)36-23-11-7-19(8-12-23)26-27(28(35)20-5-3-2-4-6-20)33-24-13-10-22(30)15-21(24)9-14-25(33)29(26,16-31)17-32/h2-15,25-27H,1H3/t25-,26-,27-/m1/s1. The number of carbonyl (C=O) groups excluding carboxylic acids is 2. The first kappa shape index (κ1) is 23.4. The summed E-state index contributed by atoms with van der Waals surface area (Å²) in [5.41, 5.74) is 1.09. The number of rotatable bonds is 4. The number of fused-ring (bicyclic) bond motifs is 3. The first-order valence-electron chi connectivity index (χ1n) is 11.4. The van der Waals surface area contributed by atoms with E-state index in [0.717, 1.165) is 11.3 Å². The predicted octanol–water partition coefficient (Wildman–Crippen LogP) is 5.55. The zero-order chi connectivity index (χ0) is 25.4. The van der Waals surface area contributed by atoms with Gasteiger partial charge in [0.25, 0.3) is 0 Å². The molecular weight excluding hydrogens is 474 g/mol. The molecule has 3 aromatic rings. The van der Waals surface area contributed by atoms with Crippen LogP contribution in [0.3, 0.4) is 0 Å². The van der Waals surface area contributed by atoms with E-state index in [1.165, 1.54) is 6.92 Å². The summed E-state index contributed by atoms with van der Waals surface area (Å²) in [4.78, 5) is 27.4. The van der Waals surface area contributed by atoms with E-state index >= 15 is 0 Å². The molecule has 0 aliphatic carbocycles. The molecule has 36 heavy (non-hydrogen) atoms. The van der Waals surface area contributed by atoms with E-state index in [9.17, 15) is 20.1 Å². The average molecular weight is 494 g/mol. The normalized spacial score (nSPS) is 21.0. The molecule has 0 radical (unpaired) electrons. The number of nitrogens with zero attached hydrogens (tertiary/aromatic N) is 3. The molecule has 2 aliphatic heterocycles. The summed E-state index contributed by atoms with van der Waals surface area (Å²) in [6, 6.07) is 23.9. The Kier molecular flexibility index (Phi) is 5.84. The lowest BCUT2D eigenvalue weighted by atomic mass is 9.69. The zero-order valence-electron chi connectivity index (χ0n) is 19.3. The van der Waals surface area contributed by atoms with Gasteiger partial charge in [-0.3, -0.25) is 9.59 Å². The fraction of sp³-hybridized carbons (Fsp3) is 0.172. The number of ketones is 1. The zero-order valence-corrected chi connectivity index (χ0v) is 20.0. The van der Waals surface area contributed by atoms with Gasteiger partial charge in [-0.1, -0.05) is 66.2 Å². The van der Waals surface area contributed by atoms with Crippen LogP contribution in [0.2, 0.25) is 5.02 Å². The first-order chi connectivity index (χ1) is 17.4. The molecule has 0 saturated carbocycles. The Labute approximate surface area is 213 Å². The van der Waals surface area contributed by atoms with Crippen molar-refractivity contribution in [3.8, 4) is 17.9 Å². The van der Waals surface area contributed by atoms with E-state index < -0.39 is 29.4 Å². The third-order valence-electron chi connectivity index (χ3n) is 6.80. The molecular formula is C29H20ClN3O3. The van der Waals surface area contributed by atoms with Crippen LogP contribution in [-0.4, -0.2) is 23.8 Å². The van der Waals surface area contributed by atoms with Crippen molar-refractivity contribution in [2.75, 3.05) is 4.90 Å². The number of hydrogen-bond donors (Lipinski definition) is 0. The molecule has 0 N–H and O–H groups in total. The highest BCUT2D eigenvalue weighted by molar-refractivity contribution is 6.30. The Balaban J connectivity index is 1.73. The second-order valence-electron chi connectivity index (χ2n) is 8.82. The molecule has 0 amide bonds. The van der Waals surface area contributed by atoms with Crippen LogP contribution in [0.25, 0.3) is 6.08 Å². The molecule has 7 heteroatoms. The summed E-state index contributed by atoms with van der Waals surface area (Å²) in [5, 5.41) is 21.5. The summed E-state index contributed by atoms with van der Waals surface area (Å²) in [6.07, 6.45) is 3.66. The molecule has 0 aromatic heterocycles. The number of carbonyl (C=O) groups is 2. The van der Waals surface area contributed by atoms with Gasteiger partial charge in [0.15, 0.2) is 11.2 Å². The Bertz CT molecular complexity index is 1450. The van der Waals surface area contributed by atoms with Crippen LogP contribution in [0.4, 0.5) is 5.69 Å². The van der Waals surface area contributed by atoms with Gasteiger partial charge in [0.1, 0.15) is 11.8 Å². The third-order valence-corrected chi connectivity index (χ3v) is 7.03. The van der Waals surface area contributed by atoms with Crippen molar-refractivity contribution in [1.29, 1.82) is 10.5 Å². The van der Waals surface area contributed by atoms with Gasteiger partial charge in [0.05, 0.1) is 18.2 Å². The van der Waals surface area contributed by atoms with Crippen LogP contribution in [0.5, 0.6) is 5.75 Å². The summed E-state index contributed by atoms with van der Waals surface area (Å²) < 4.78 is 5.16. The second-order valence-corrected chi connectivity index (χ2v) is 9.26. The maximum absolute atomic E-state index is 14.1. The highest BCUT2D eigenvalue weighted by Crippen LogP contribution is 2.55. The van der Waals surface area contributed by atoms with E-state index in [1.807, 2.05) is 29.2 Å². The van der Waals surface area contributed by atoms with Gasteiger partial charge in [0, 0.05) is 29.1 Å². The Morgan fingerprint density at radius 2 is 1.69 bits per heavy atom. The van der Waals surface area contributed by atoms with E-state index in [1.54, 1.807) is 60.7 Å². The Hall–Kier alpha value is -4.39. The fourth-order valence-corrected chi connectivity index (χ4v) is 5.50. The summed E-state index contributed by atoms with van der Waals surface area (Å²) in [5.74, 6) is -1.10. The first-order valence-corrected chi connectivity index (χ1v) is 11.7. The third kappa shape index (κ3) is 3.64. The van der Waals surface area contributed by atoms with Crippen molar-refractivity contribution < 1.29 is 14.3 Å². The van der Waals surface area contributed by atoms with E-state index in [-0.39, 0.29) is 5.78 Å². The minimum absolute atomic E-state index is 0.196. The molecule has 2 aliphatic rings. The highest BCUT2D eigenvalue weighted by atomic mass is 35.5. The van der Waals surface area contributed by atoms with E-state index in [0.29, 0.717) is 21.9 Å². The topological polar surface area (TPSA) is 94.2 Å². The van der Waals surface area contributed by atoms with Gasteiger partial charge in [0.2, 0.25) is 0 Å². The van der Waals surface area contributed by atoms with Crippen LogP contribution in [-0.2, 0) is 4.79 Å². The summed E-state index contributed by atoms with van der Waals surface area (Å²) in [7, 11) is 0. The molecule has 1 fully saturated rings. The van der Waals surface area contributed by atoms with Crippen molar-refractivity contribution >= 4 is 35.1 Å². The van der Waals surface area contributed by atoms with Crippen molar-refractivity contribution in [1.82, 2.24) is 0 Å².